The van der Waals surface area contributed by atoms with E-state index in [9.17, 15) is 0 Å². The van der Waals surface area contributed by atoms with Crippen molar-refractivity contribution in [1.82, 2.24) is 15.9 Å². The van der Waals surface area contributed by atoms with Crippen LogP contribution in [0.1, 0.15) is 0 Å². The molecule has 4 nitrogen and oxygen atoms in total. The number of benzene rings is 2. The number of hydrogen-bond donors (Lipinski definition) is 0. The van der Waals surface area contributed by atoms with Crippen LogP contribution in [-0.2, 0) is 0 Å². The first kappa shape index (κ1) is 9.02. The van der Waals surface area contributed by atoms with E-state index in [1.54, 1.807) is 0 Å². The van der Waals surface area contributed by atoms with E-state index in [4.69, 9.17) is 0 Å². The molecular formula is C10H4N4Se2. The molecule has 0 fully saturated rings. The summed E-state index contributed by atoms with van der Waals surface area (Å²) in [7, 11) is 0. The van der Waals surface area contributed by atoms with Gasteiger partial charge in [-0.1, -0.05) is 0 Å². The Morgan fingerprint density at radius 2 is 1.12 bits per heavy atom. The predicted molar refractivity (Wildman–Crippen MR) is 64.0 cm³/mol. The number of fused-ring (bicyclic) bond motifs is 5. The minimum atomic E-state index is 0.0289. The van der Waals surface area contributed by atoms with Crippen molar-refractivity contribution in [3.8, 4) is 0 Å². The monoisotopic (exact) mass is 340 g/mol. The molecule has 4 aromatic rings. The molecular weight excluding hydrogens is 334 g/mol. The summed E-state index contributed by atoms with van der Waals surface area (Å²) in [4.78, 5) is 0. The summed E-state index contributed by atoms with van der Waals surface area (Å²) in [5.74, 6) is 0. The van der Waals surface area contributed by atoms with E-state index in [-0.39, 0.29) is 29.9 Å². The minimum absolute atomic E-state index is 0.0289. The van der Waals surface area contributed by atoms with Crippen LogP contribution < -0.4 is 0 Å². The summed E-state index contributed by atoms with van der Waals surface area (Å²) < 4.78 is 17.7. The fourth-order valence-corrected chi connectivity index (χ4v) is 4.21. The van der Waals surface area contributed by atoms with E-state index >= 15 is 0 Å². The van der Waals surface area contributed by atoms with Crippen LogP contribution in [0.15, 0.2) is 24.3 Å². The molecule has 0 saturated carbocycles. The molecule has 0 bridgehead atoms. The Balaban J connectivity index is 2.38. The van der Waals surface area contributed by atoms with Gasteiger partial charge in [-0.15, -0.1) is 0 Å². The molecule has 0 amide bonds. The summed E-state index contributed by atoms with van der Waals surface area (Å²) in [6.07, 6.45) is 0. The molecule has 4 rings (SSSR count). The Hall–Kier alpha value is -1.06. The van der Waals surface area contributed by atoms with Gasteiger partial charge in [0.15, 0.2) is 0 Å². The first-order chi connectivity index (χ1) is 7.93. The Morgan fingerprint density at radius 1 is 0.625 bits per heavy atom. The third-order valence-electron chi connectivity index (χ3n) is 2.64. The second-order valence-electron chi connectivity index (χ2n) is 3.49. The van der Waals surface area contributed by atoms with Gasteiger partial charge in [-0.05, 0) is 0 Å². The van der Waals surface area contributed by atoms with Crippen molar-refractivity contribution in [2.75, 3.05) is 0 Å². The van der Waals surface area contributed by atoms with Crippen molar-refractivity contribution >= 4 is 62.8 Å². The summed E-state index contributed by atoms with van der Waals surface area (Å²) in [6, 6.07) is 8.26. The molecule has 0 atom stereocenters. The van der Waals surface area contributed by atoms with Crippen LogP contribution in [-0.4, -0.2) is 45.8 Å². The molecule has 0 radical (unpaired) electrons. The molecule has 0 unspecified atom stereocenters. The van der Waals surface area contributed by atoms with E-state index in [2.05, 4.69) is 28.1 Å². The maximum atomic E-state index is 4.48. The van der Waals surface area contributed by atoms with Gasteiger partial charge in [0.05, 0.1) is 0 Å². The van der Waals surface area contributed by atoms with Gasteiger partial charge in [-0.25, -0.2) is 0 Å². The van der Waals surface area contributed by atoms with Gasteiger partial charge in [0.25, 0.3) is 0 Å². The number of hydrogen-bond acceptors (Lipinski definition) is 4. The fraction of sp³-hybridized carbons (Fsp3) is 0. The molecule has 2 aromatic heterocycles. The van der Waals surface area contributed by atoms with Gasteiger partial charge in [-0.2, -0.15) is 0 Å². The molecule has 0 aliphatic carbocycles. The molecule has 0 aliphatic rings. The summed E-state index contributed by atoms with van der Waals surface area (Å²) in [5.41, 5.74) is 4.12. The van der Waals surface area contributed by atoms with E-state index in [1.165, 1.54) is 0 Å². The van der Waals surface area contributed by atoms with Gasteiger partial charge in [0, 0.05) is 0 Å². The zero-order chi connectivity index (χ0) is 10.5. The zero-order valence-electron chi connectivity index (χ0n) is 7.91. The zero-order valence-corrected chi connectivity index (χ0v) is 11.3. The van der Waals surface area contributed by atoms with Gasteiger partial charge < -0.3 is 0 Å². The normalized spacial score (nSPS) is 11.8. The molecule has 76 valence electrons. The second kappa shape index (κ2) is 3.22. The van der Waals surface area contributed by atoms with Crippen molar-refractivity contribution in [1.29, 1.82) is 0 Å². The van der Waals surface area contributed by atoms with Crippen LogP contribution in [0.4, 0.5) is 0 Å². The van der Waals surface area contributed by atoms with Gasteiger partial charge in [0.2, 0.25) is 0 Å². The molecule has 2 heterocycles. The number of nitrogens with zero attached hydrogens (tertiary/aromatic N) is 4. The van der Waals surface area contributed by atoms with Crippen molar-refractivity contribution in [2.24, 2.45) is 0 Å². The average molecular weight is 338 g/mol. The number of rotatable bonds is 0. The molecule has 0 aliphatic heterocycles. The average Bonchev–Trinajstić information content (AvgIpc) is 2.96. The Kier molecular flexibility index (Phi) is 1.81. The molecule has 6 heteroatoms. The molecule has 0 spiro atoms. The van der Waals surface area contributed by atoms with Gasteiger partial charge in [0.1, 0.15) is 0 Å². The quantitative estimate of drug-likeness (QED) is 0.446. The Bertz CT molecular complexity index is 747. The van der Waals surface area contributed by atoms with E-state index in [0.29, 0.717) is 0 Å². The van der Waals surface area contributed by atoms with Crippen LogP contribution in [0.25, 0.3) is 32.8 Å². The summed E-state index contributed by atoms with van der Waals surface area (Å²) >= 11 is 0.0577. The van der Waals surface area contributed by atoms with E-state index in [0.717, 1.165) is 32.8 Å². The van der Waals surface area contributed by atoms with E-state index in [1.807, 2.05) is 12.1 Å². The van der Waals surface area contributed by atoms with Crippen molar-refractivity contribution in [3.05, 3.63) is 24.3 Å². The van der Waals surface area contributed by atoms with Crippen LogP contribution in [0, 0.1) is 0 Å². The molecule has 0 saturated heterocycles. The van der Waals surface area contributed by atoms with Crippen LogP contribution in [0.5, 0.6) is 0 Å². The summed E-state index contributed by atoms with van der Waals surface area (Å²) in [6.45, 7) is 0. The summed E-state index contributed by atoms with van der Waals surface area (Å²) in [5, 5.41) is 2.33. The van der Waals surface area contributed by atoms with Crippen molar-refractivity contribution in [2.45, 2.75) is 0 Å². The first-order valence-electron chi connectivity index (χ1n) is 4.70. The van der Waals surface area contributed by atoms with Crippen LogP contribution in [0.3, 0.4) is 0 Å². The predicted octanol–water partition coefficient (Wildman–Crippen LogP) is 0.840. The molecule has 2 aromatic carbocycles. The van der Waals surface area contributed by atoms with Gasteiger partial charge in [-0.3, -0.25) is 0 Å². The standard InChI is InChI=1S/C10H4N4Se2/c1-3-7-10(14-15-11-7)6-2-4-8-9(5(1)6)13-16-12-8/h1-4H. The van der Waals surface area contributed by atoms with Crippen molar-refractivity contribution in [3.63, 3.8) is 0 Å². The van der Waals surface area contributed by atoms with Crippen molar-refractivity contribution < 1.29 is 0 Å². The Morgan fingerprint density at radius 3 is 1.62 bits per heavy atom. The Labute approximate surface area is 103 Å². The topological polar surface area (TPSA) is 51.6 Å². The number of aromatic nitrogens is 4. The third kappa shape index (κ3) is 1.10. The molecule has 0 N–H and O–H groups in total. The van der Waals surface area contributed by atoms with E-state index < -0.39 is 0 Å². The SMILES string of the molecule is c1cc2c(ccc3n[se]nc32)c2n[se]nc12. The van der Waals surface area contributed by atoms with Crippen LogP contribution >= 0.6 is 0 Å². The van der Waals surface area contributed by atoms with Crippen LogP contribution in [0.2, 0.25) is 0 Å². The third-order valence-corrected chi connectivity index (χ3v) is 4.92. The fourth-order valence-electron chi connectivity index (χ4n) is 1.90. The second-order valence-corrected chi connectivity index (χ2v) is 5.71. The molecule has 16 heavy (non-hydrogen) atoms. The van der Waals surface area contributed by atoms with Gasteiger partial charge >= 0.3 is 103 Å². The maximum absolute atomic E-state index is 4.48. The first-order valence-corrected chi connectivity index (χ1v) is 7.76.